The highest BCUT2D eigenvalue weighted by atomic mass is 16.1. The lowest BCUT2D eigenvalue weighted by atomic mass is 9.61. The number of Topliss-reactive ketones (excluding diaryl/α,β-unsaturated/α-hetero) is 2. The summed E-state index contributed by atoms with van der Waals surface area (Å²) < 4.78 is 0. The summed E-state index contributed by atoms with van der Waals surface area (Å²) in [6.07, 6.45) is 0. The van der Waals surface area contributed by atoms with Gasteiger partial charge in [0.2, 0.25) is 0 Å². The molecule has 4 aromatic rings. The van der Waals surface area contributed by atoms with Crippen molar-refractivity contribution >= 4 is 23.0 Å². The largest absolute Gasteiger partial charge is 0.376 e. The Morgan fingerprint density at radius 1 is 0.700 bits per heavy atom. The molecule has 2 heterocycles. The molecule has 0 aromatic heterocycles. The van der Waals surface area contributed by atoms with Gasteiger partial charge in [-0.2, -0.15) is 0 Å². The minimum Gasteiger partial charge on any atom is -0.376 e. The number of carbonyl (C=O) groups is 2. The number of aliphatic imine (C=N–C) groups is 1. The van der Waals surface area contributed by atoms with Crippen LogP contribution < -0.4 is 5.32 Å². The maximum absolute atomic E-state index is 13.7. The van der Waals surface area contributed by atoms with E-state index in [4.69, 9.17) is 4.99 Å². The lowest BCUT2D eigenvalue weighted by Crippen LogP contribution is -2.41. The number of carbonyl (C=O) groups excluding carboxylic acids is 2. The quantitative estimate of drug-likeness (QED) is 0.323. The molecule has 3 unspecified atom stereocenters. The lowest BCUT2D eigenvalue weighted by Gasteiger charge is -2.43. The third-order valence-electron chi connectivity index (χ3n) is 8.42. The Kier molecular flexibility index (Phi) is 5.53. The standard InChI is InChI=1S/C36H28N2O2/c1-22(39)29-31-32-30(23(2)40)34(25-16-8-4-9-17-25)38-36(32,26-18-10-5-11-19-26)28-21-13-12-20-27(28)35(31)37-33(29)24-14-6-3-7-15-24/h3-21,31,35,37H,1-2H3. The predicted molar refractivity (Wildman–Crippen MR) is 158 cm³/mol. The first-order chi connectivity index (χ1) is 19.5. The molecule has 4 nitrogen and oxygen atoms in total. The molecule has 0 amide bonds. The fourth-order valence-corrected chi connectivity index (χ4v) is 6.94. The molecule has 1 N–H and O–H groups in total. The van der Waals surface area contributed by atoms with Crippen molar-refractivity contribution in [3.63, 3.8) is 0 Å². The van der Waals surface area contributed by atoms with E-state index in [0.717, 1.165) is 39.1 Å². The Morgan fingerprint density at radius 3 is 1.90 bits per heavy atom. The van der Waals surface area contributed by atoms with Gasteiger partial charge in [0, 0.05) is 28.3 Å². The molecule has 0 spiro atoms. The zero-order valence-corrected chi connectivity index (χ0v) is 22.4. The topological polar surface area (TPSA) is 58.5 Å². The molecule has 0 bridgehead atoms. The van der Waals surface area contributed by atoms with E-state index in [1.165, 1.54) is 0 Å². The van der Waals surface area contributed by atoms with Crippen molar-refractivity contribution in [1.82, 2.24) is 5.32 Å². The number of nitrogens with one attached hydrogen (secondary N) is 1. The van der Waals surface area contributed by atoms with E-state index in [1.54, 1.807) is 13.8 Å². The van der Waals surface area contributed by atoms with E-state index in [2.05, 4.69) is 29.6 Å². The first-order valence-electron chi connectivity index (χ1n) is 13.7. The van der Waals surface area contributed by atoms with Crippen LogP contribution in [0.25, 0.3) is 5.70 Å². The van der Waals surface area contributed by atoms with Crippen molar-refractivity contribution in [1.29, 1.82) is 0 Å². The Bertz CT molecular complexity index is 1770. The van der Waals surface area contributed by atoms with E-state index in [1.807, 2.05) is 91.0 Å². The summed E-state index contributed by atoms with van der Waals surface area (Å²) in [6, 6.07) is 38.3. The highest BCUT2D eigenvalue weighted by Gasteiger charge is 2.58. The van der Waals surface area contributed by atoms with Crippen LogP contribution in [0.1, 0.15) is 47.7 Å². The van der Waals surface area contributed by atoms with Crippen LogP contribution >= 0.6 is 0 Å². The summed E-state index contributed by atoms with van der Waals surface area (Å²) in [5.74, 6) is -0.431. The van der Waals surface area contributed by atoms with Gasteiger partial charge in [-0.1, -0.05) is 115 Å². The molecular formula is C36H28N2O2. The zero-order chi connectivity index (χ0) is 27.4. The van der Waals surface area contributed by atoms with Gasteiger partial charge >= 0.3 is 0 Å². The van der Waals surface area contributed by atoms with Gasteiger partial charge in [-0.3, -0.25) is 14.6 Å². The molecule has 0 fully saturated rings. The minimum absolute atomic E-state index is 0.0104. The summed E-state index contributed by atoms with van der Waals surface area (Å²) >= 11 is 0. The summed E-state index contributed by atoms with van der Waals surface area (Å²) in [4.78, 5) is 32.9. The molecule has 0 radical (unpaired) electrons. The second kappa shape index (κ2) is 9.13. The normalized spacial score (nSPS) is 22.7. The number of nitrogens with zero attached hydrogens (tertiary/aromatic N) is 1. The maximum atomic E-state index is 13.7. The number of benzene rings is 4. The molecular weight excluding hydrogens is 492 g/mol. The van der Waals surface area contributed by atoms with Crippen LogP contribution in [0.4, 0.5) is 0 Å². The Morgan fingerprint density at radius 2 is 1.27 bits per heavy atom. The number of ketones is 2. The SMILES string of the molecule is CC(=O)C1=C2C3C(C(C)=O)=C(c4ccccc4)NC3c3ccccc3C2(c2ccccc2)N=C1c1ccccc1. The fraction of sp³-hybridized carbons (Fsp3) is 0.139. The van der Waals surface area contributed by atoms with Crippen LogP contribution in [0.3, 0.4) is 0 Å². The first-order valence-corrected chi connectivity index (χ1v) is 13.7. The molecule has 7 rings (SSSR count). The van der Waals surface area contributed by atoms with Gasteiger partial charge in [-0.05, 0) is 41.7 Å². The van der Waals surface area contributed by atoms with Crippen molar-refractivity contribution in [3.8, 4) is 0 Å². The summed E-state index contributed by atoms with van der Waals surface area (Å²) in [5.41, 5.74) is 7.70. The van der Waals surface area contributed by atoms with Gasteiger partial charge in [0.15, 0.2) is 11.6 Å². The van der Waals surface area contributed by atoms with E-state index in [-0.39, 0.29) is 23.5 Å². The van der Waals surface area contributed by atoms with Crippen LogP contribution in [-0.2, 0) is 15.1 Å². The molecule has 4 heteroatoms. The fourth-order valence-electron chi connectivity index (χ4n) is 6.94. The second-order valence-corrected chi connectivity index (χ2v) is 10.6. The first kappa shape index (κ1) is 24.2. The molecule has 194 valence electrons. The molecule has 3 aliphatic rings. The Hall–Kier alpha value is -4.83. The van der Waals surface area contributed by atoms with Gasteiger partial charge < -0.3 is 5.32 Å². The number of allylic oxidation sites excluding steroid dienone is 1. The Labute approximate surface area is 233 Å². The van der Waals surface area contributed by atoms with E-state index < -0.39 is 5.54 Å². The van der Waals surface area contributed by atoms with Crippen molar-refractivity contribution in [2.45, 2.75) is 25.4 Å². The smallest absolute Gasteiger partial charge is 0.162 e. The van der Waals surface area contributed by atoms with E-state index >= 15 is 0 Å². The van der Waals surface area contributed by atoms with E-state index in [9.17, 15) is 9.59 Å². The molecule has 3 atom stereocenters. The van der Waals surface area contributed by atoms with Gasteiger partial charge in [0.1, 0.15) is 5.54 Å². The van der Waals surface area contributed by atoms with Crippen LogP contribution in [0.5, 0.6) is 0 Å². The Balaban J connectivity index is 1.64. The number of hydrogen-bond acceptors (Lipinski definition) is 4. The molecule has 4 aromatic carbocycles. The van der Waals surface area contributed by atoms with Crippen molar-refractivity contribution in [2.24, 2.45) is 10.9 Å². The average molecular weight is 521 g/mol. The minimum atomic E-state index is -0.945. The number of hydrogen-bond donors (Lipinski definition) is 1. The van der Waals surface area contributed by atoms with Gasteiger partial charge in [0.05, 0.1) is 11.8 Å². The van der Waals surface area contributed by atoms with Crippen LogP contribution in [0.15, 0.2) is 137 Å². The third kappa shape index (κ3) is 3.35. The average Bonchev–Trinajstić information content (AvgIpc) is 3.57. The highest BCUT2D eigenvalue weighted by Crippen LogP contribution is 2.61. The predicted octanol–water partition coefficient (Wildman–Crippen LogP) is 6.59. The number of fused-ring (bicyclic) bond motifs is 6. The van der Waals surface area contributed by atoms with Crippen molar-refractivity contribution in [3.05, 3.63) is 160 Å². The van der Waals surface area contributed by atoms with Gasteiger partial charge in [-0.25, -0.2) is 0 Å². The molecule has 0 saturated heterocycles. The number of rotatable bonds is 5. The van der Waals surface area contributed by atoms with Gasteiger partial charge in [0.25, 0.3) is 0 Å². The third-order valence-corrected chi connectivity index (χ3v) is 8.42. The summed E-state index contributed by atoms with van der Waals surface area (Å²) in [5, 5.41) is 3.75. The molecule has 40 heavy (non-hydrogen) atoms. The monoisotopic (exact) mass is 520 g/mol. The highest BCUT2D eigenvalue weighted by molar-refractivity contribution is 6.31. The van der Waals surface area contributed by atoms with E-state index in [0.29, 0.717) is 16.9 Å². The maximum Gasteiger partial charge on any atom is 0.162 e. The van der Waals surface area contributed by atoms with Gasteiger partial charge in [-0.15, -0.1) is 0 Å². The van der Waals surface area contributed by atoms with Crippen molar-refractivity contribution < 1.29 is 9.59 Å². The zero-order valence-electron chi connectivity index (χ0n) is 22.4. The van der Waals surface area contributed by atoms with Crippen molar-refractivity contribution in [2.75, 3.05) is 0 Å². The summed E-state index contributed by atoms with van der Waals surface area (Å²) in [6.45, 7) is 3.25. The second-order valence-electron chi connectivity index (χ2n) is 10.6. The molecule has 0 saturated carbocycles. The van der Waals surface area contributed by atoms with Crippen LogP contribution in [0, 0.1) is 5.92 Å². The summed E-state index contributed by atoms with van der Waals surface area (Å²) in [7, 11) is 0. The molecule has 1 aliphatic carbocycles. The lowest BCUT2D eigenvalue weighted by molar-refractivity contribution is -0.114. The molecule has 2 aliphatic heterocycles. The van der Waals surface area contributed by atoms with Crippen LogP contribution in [0.2, 0.25) is 0 Å². The van der Waals surface area contributed by atoms with Crippen LogP contribution in [-0.4, -0.2) is 17.3 Å².